The van der Waals surface area contributed by atoms with E-state index in [2.05, 4.69) is 15.8 Å². The molecule has 174 valence electrons. The van der Waals surface area contributed by atoms with E-state index in [4.69, 9.17) is 9.26 Å². The van der Waals surface area contributed by atoms with Gasteiger partial charge in [-0.3, -0.25) is 0 Å². The number of halogens is 1. The standard InChI is InChI=1S/C25H34FN3O3/c1-13-12-18(20-15(3)29-32-16(20)4)21(26)19-14(2)23(25(5,6)28-22(13)19)31-24(30)27-17-10-8-7-9-11-17/h12,14,17,23,28H,7-11H2,1-6H3,(H,27,30). The molecule has 1 aromatic heterocycles. The summed E-state index contributed by atoms with van der Waals surface area (Å²) in [6, 6.07) is 2.00. The van der Waals surface area contributed by atoms with Gasteiger partial charge in [-0.1, -0.05) is 31.3 Å². The summed E-state index contributed by atoms with van der Waals surface area (Å²) >= 11 is 0. The largest absolute Gasteiger partial charge is 0.443 e. The van der Waals surface area contributed by atoms with Gasteiger partial charge in [0.15, 0.2) is 0 Å². The minimum absolute atomic E-state index is 0.156. The Hall–Kier alpha value is -2.57. The molecule has 1 aromatic carbocycles. The number of benzene rings is 1. The molecule has 2 aromatic rings. The van der Waals surface area contributed by atoms with Crippen LogP contribution in [-0.4, -0.2) is 28.9 Å². The van der Waals surface area contributed by atoms with Crippen LogP contribution in [0.3, 0.4) is 0 Å². The number of hydrogen-bond acceptors (Lipinski definition) is 5. The number of hydrogen-bond donors (Lipinski definition) is 2. The third kappa shape index (κ3) is 3.97. The monoisotopic (exact) mass is 443 g/mol. The van der Waals surface area contributed by atoms with E-state index >= 15 is 4.39 Å². The van der Waals surface area contributed by atoms with E-state index in [-0.39, 0.29) is 17.8 Å². The molecule has 0 bridgehead atoms. The molecule has 1 fully saturated rings. The van der Waals surface area contributed by atoms with Gasteiger partial charge in [0.05, 0.1) is 16.8 Å². The van der Waals surface area contributed by atoms with Crippen molar-refractivity contribution in [1.82, 2.24) is 10.5 Å². The molecule has 0 spiro atoms. The number of ether oxygens (including phenoxy) is 1. The lowest BCUT2D eigenvalue weighted by atomic mass is 9.76. The smallest absolute Gasteiger partial charge is 0.407 e. The Labute approximate surface area is 189 Å². The number of aryl methyl sites for hydroxylation is 3. The topological polar surface area (TPSA) is 76.4 Å². The molecule has 2 atom stereocenters. The molecule has 1 saturated carbocycles. The van der Waals surface area contributed by atoms with Gasteiger partial charge < -0.3 is 19.9 Å². The van der Waals surface area contributed by atoms with Gasteiger partial charge in [0.2, 0.25) is 0 Å². The molecule has 1 aliphatic carbocycles. The summed E-state index contributed by atoms with van der Waals surface area (Å²) in [7, 11) is 0. The van der Waals surface area contributed by atoms with E-state index in [1.54, 1.807) is 6.92 Å². The van der Waals surface area contributed by atoms with Crippen LogP contribution < -0.4 is 10.6 Å². The fraction of sp³-hybridized carbons (Fsp3) is 0.600. The van der Waals surface area contributed by atoms with Gasteiger partial charge >= 0.3 is 6.09 Å². The van der Waals surface area contributed by atoms with Gasteiger partial charge in [-0.05, 0) is 59.1 Å². The number of alkyl carbamates (subject to hydrolysis) is 1. The van der Waals surface area contributed by atoms with Crippen LogP contribution in [0.5, 0.6) is 0 Å². The molecular formula is C25H34FN3O3. The minimum Gasteiger partial charge on any atom is -0.443 e. The van der Waals surface area contributed by atoms with Gasteiger partial charge in [-0.2, -0.15) is 0 Å². The van der Waals surface area contributed by atoms with Crippen LogP contribution in [0, 0.1) is 26.6 Å². The summed E-state index contributed by atoms with van der Waals surface area (Å²) in [5.74, 6) is -0.0774. The summed E-state index contributed by atoms with van der Waals surface area (Å²) < 4.78 is 27.2. The van der Waals surface area contributed by atoms with Crippen LogP contribution in [0.15, 0.2) is 10.6 Å². The molecule has 6 nitrogen and oxygen atoms in total. The molecule has 2 N–H and O–H groups in total. The summed E-state index contributed by atoms with van der Waals surface area (Å²) in [5, 5.41) is 10.5. The quantitative estimate of drug-likeness (QED) is 0.596. The lowest BCUT2D eigenvalue weighted by Crippen LogP contribution is -2.54. The average molecular weight is 444 g/mol. The van der Waals surface area contributed by atoms with E-state index in [1.165, 1.54) is 6.42 Å². The normalized spacial score (nSPS) is 22.7. The van der Waals surface area contributed by atoms with Gasteiger partial charge in [0.1, 0.15) is 17.7 Å². The third-order valence-electron chi connectivity index (χ3n) is 7.03. The van der Waals surface area contributed by atoms with E-state index in [9.17, 15) is 4.79 Å². The first-order valence-corrected chi connectivity index (χ1v) is 11.6. The molecule has 1 amide bonds. The number of fused-ring (bicyclic) bond motifs is 1. The highest BCUT2D eigenvalue weighted by Crippen LogP contribution is 2.46. The SMILES string of the molecule is Cc1cc(-c2c(C)noc2C)c(F)c2c1NC(C)(C)C(OC(=O)NC1CCCCC1)C2C. The Kier molecular flexibility index (Phi) is 5.94. The maximum Gasteiger partial charge on any atom is 0.407 e. The molecule has 0 saturated heterocycles. The summed E-state index contributed by atoms with van der Waals surface area (Å²) in [6.45, 7) is 11.5. The zero-order valence-corrected chi connectivity index (χ0v) is 19.9. The second-order valence-corrected chi connectivity index (χ2v) is 9.98. The maximum absolute atomic E-state index is 16.0. The van der Waals surface area contributed by atoms with E-state index in [0.717, 1.165) is 36.9 Å². The van der Waals surface area contributed by atoms with Crippen molar-refractivity contribution in [3.05, 3.63) is 34.5 Å². The maximum atomic E-state index is 16.0. The number of nitrogens with zero attached hydrogens (tertiary/aromatic N) is 1. The highest BCUT2D eigenvalue weighted by atomic mass is 19.1. The number of anilines is 1. The number of rotatable bonds is 3. The Balaban J connectivity index is 1.67. The van der Waals surface area contributed by atoms with Crippen LogP contribution in [0.2, 0.25) is 0 Å². The lowest BCUT2D eigenvalue weighted by Gasteiger charge is -2.45. The number of nitrogens with one attached hydrogen (secondary N) is 2. The van der Waals surface area contributed by atoms with Crippen molar-refractivity contribution >= 4 is 11.8 Å². The van der Waals surface area contributed by atoms with Crippen molar-refractivity contribution in [3.8, 4) is 11.1 Å². The van der Waals surface area contributed by atoms with E-state index < -0.39 is 17.7 Å². The lowest BCUT2D eigenvalue weighted by molar-refractivity contribution is 0.0438. The first-order valence-electron chi connectivity index (χ1n) is 11.6. The number of aromatic nitrogens is 1. The van der Waals surface area contributed by atoms with Gasteiger partial charge in [-0.25, -0.2) is 9.18 Å². The molecule has 2 unspecified atom stereocenters. The first kappa shape index (κ1) is 22.6. The van der Waals surface area contributed by atoms with Gasteiger partial charge in [0, 0.05) is 28.8 Å². The molecule has 2 heterocycles. The van der Waals surface area contributed by atoms with Crippen LogP contribution in [0.25, 0.3) is 11.1 Å². The Morgan fingerprint density at radius 3 is 2.56 bits per heavy atom. The van der Waals surface area contributed by atoms with E-state index in [0.29, 0.717) is 28.1 Å². The van der Waals surface area contributed by atoms with E-state index in [1.807, 2.05) is 40.7 Å². The molecule has 4 rings (SSSR count). The van der Waals surface area contributed by atoms with Crippen molar-refractivity contribution in [3.63, 3.8) is 0 Å². The molecule has 0 radical (unpaired) electrons. The second-order valence-electron chi connectivity index (χ2n) is 9.98. The van der Waals surface area contributed by atoms with Gasteiger partial charge in [-0.15, -0.1) is 0 Å². The summed E-state index contributed by atoms with van der Waals surface area (Å²) in [6.07, 6.45) is 4.47. The number of carbonyl (C=O) groups excluding carboxylic acids is 1. The zero-order chi connectivity index (χ0) is 23.2. The predicted molar refractivity (Wildman–Crippen MR) is 123 cm³/mol. The average Bonchev–Trinajstić information content (AvgIpc) is 3.06. The number of carbonyl (C=O) groups is 1. The third-order valence-corrected chi connectivity index (χ3v) is 7.03. The second kappa shape index (κ2) is 8.41. The van der Waals surface area contributed by atoms with Crippen molar-refractivity contribution in [2.24, 2.45) is 0 Å². The van der Waals surface area contributed by atoms with Crippen LogP contribution in [0.4, 0.5) is 14.9 Å². The molecule has 1 aliphatic heterocycles. The molecule has 2 aliphatic rings. The van der Waals surface area contributed by atoms with Crippen LogP contribution in [0.1, 0.15) is 81.4 Å². The first-order chi connectivity index (χ1) is 15.1. The van der Waals surface area contributed by atoms with Crippen LogP contribution >= 0.6 is 0 Å². The molecular weight excluding hydrogens is 409 g/mol. The highest BCUT2D eigenvalue weighted by molar-refractivity contribution is 5.77. The number of amides is 1. The van der Waals surface area contributed by atoms with Crippen molar-refractivity contribution in [1.29, 1.82) is 0 Å². The molecule has 7 heteroatoms. The summed E-state index contributed by atoms with van der Waals surface area (Å²) in [5.41, 5.74) is 3.48. The molecule has 32 heavy (non-hydrogen) atoms. The van der Waals surface area contributed by atoms with Gasteiger partial charge in [0.25, 0.3) is 0 Å². The fourth-order valence-corrected chi connectivity index (χ4v) is 5.44. The van der Waals surface area contributed by atoms with Crippen molar-refractivity contribution < 1.29 is 18.4 Å². The van der Waals surface area contributed by atoms with Crippen LogP contribution in [-0.2, 0) is 4.74 Å². The Morgan fingerprint density at radius 1 is 1.25 bits per heavy atom. The predicted octanol–water partition coefficient (Wildman–Crippen LogP) is 6.14. The highest BCUT2D eigenvalue weighted by Gasteiger charge is 2.45. The minimum atomic E-state index is -0.557. The Morgan fingerprint density at radius 2 is 1.94 bits per heavy atom. The summed E-state index contributed by atoms with van der Waals surface area (Å²) in [4.78, 5) is 12.7. The zero-order valence-electron chi connectivity index (χ0n) is 19.9. The Bertz CT molecular complexity index is 1000. The fourth-order valence-electron chi connectivity index (χ4n) is 5.44. The van der Waals surface area contributed by atoms with Crippen molar-refractivity contribution in [2.75, 3.05) is 5.32 Å². The van der Waals surface area contributed by atoms with Crippen molar-refractivity contribution in [2.45, 2.75) is 97.2 Å².